The lowest BCUT2D eigenvalue weighted by molar-refractivity contribution is 0.0725. The van der Waals surface area contributed by atoms with Gasteiger partial charge in [-0.25, -0.2) is 9.37 Å². The molecule has 0 spiro atoms. The molecule has 29 heavy (non-hydrogen) atoms. The van der Waals surface area contributed by atoms with Crippen molar-refractivity contribution in [3.63, 3.8) is 0 Å². The maximum absolute atomic E-state index is 13.3. The summed E-state index contributed by atoms with van der Waals surface area (Å²) >= 11 is 0. The van der Waals surface area contributed by atoms with Crippen molar-refractivity contribution in [3.05, 3.63) is 82.9 Å². The first kappa shape index (κ1) is 18.8. The average Bonchev–Trinajstić information content (AvgIpc) is 3.08. The SMILES string of the molecule is Cn1c(C(=O)NCc2cccc(F)c2)nc2c1CCN(C(=O)c1ccccn1)C2. The van der Waals surface area contributed by atoms with Crippen molar-refractivity contribution < 1.29 is 14.0 Å². The summed E-state index contributed by atoms with van der Waals surface area (Å²) in [5.74, 6) is -0.562. The summed E-state index contributed by atoms with van der Waals surface area (Å²) < 4.78 is 15.1. The minimum absolute atomic E-state index is 0.154. The second kappa shape index (κ2) is 7.83. The third-order valence-corrected chi connectivity index (χ3v) is 4.97. The predicted molar refractivity (Wildman–Crippen MR) is 103 cm³/mol. The Bertz CT molecular complexity index is 1060. The van der Waals surface area contributed by atoms with Gasteiger partial charge in [-0.05, 0) is 29.8 Å². The van der Waals surface area contributed by atoms with Gasteiger partial charge in [0, 0.05) is 38.4 Å². The second-order valence-corrected chi connectivity index (χ2v) is 6.89. The molecule has 1 aliphatic rings. The standard InChI is InChI=1S/C21H20FN5O2/c1-26-18-8-10-27(21(29)16-7-2-3-9-23-16)13-17(18)25-19(26)20(28)24-12-14-5-4-6-15(22)11-14/h2-7,9,11H,8,10,12-13H2,1H3,(H,24,28). The molecular formula is C21H20FN5O2. The van der Waals surface area contributed by atoms with E-state index in [-0.39, 0.29) is 30.0 Å². The number of carbonyl (C=O) groups excluding carboxylic acids is 2. The summed E-state index contributed by atoms with van der Waals surface area (Å²) in [5, 5.41) is 2.77. The van der Waals surface area contributed by atoms with Gasteiger partial charge in [0.25, 0.3) is 11.8 Å². The second-order valence-electron chi connectivity index (χ2n) is 6.89. The van der Waals surface area contributed by atoms with Crippen LogP contribution in [0.1, 0.15) is 38.1 Å². The molecule has 0 saturated heterocycles. The van der Waals surface area contributed by atoms with Gasteiger partial charge in [-0.3, -0.25) is 14.6 Å². The molecule has 0 bridgehead atoms. The van der Waals surface area contributed by atoms with Crippen LogP contribution in [-0.4, -0.2) is 37.8 Å². The molecule has 0 fully saturated rings. The van der Waals surface area contributed by atoms with Gasteiger partial charge in [-0.2, -0.15) is 0 Å². The van der Waals surface area contributed by atoms with Crippen molar-refractivity contribution in [2.75, 3.05) is 6.54 Å². The maximum Gasteiger partial charge on any atom is 0.287 e. The summed E-state index contributed by atoms with van der Waals surface area (Å²) in [6.07, 6.45) is 2.19. The molecule has 0 radical (unpaired) electrons. The number of carbonyl (C=O) groups is 2. The van der Waals surface area contributed by atoms with Crippen LogP contribution in [0.3, 0.4) is 0 Å². The smallest absolute Gasteiger partial charge is 0.287 e. The number of pyridine rings is 1. The van der Waals surface area contributed by atoms with Crippen LogP contribution < -0.4 is 5.32 Å². The highest BCUT2D eigenvalue weighted by molar-refractivity contribution is 5.93. The lowest BCUT2D eigenvalue weighted by atomic mass is 10.1. The van der Waals surface area contributed by atoms with Crippen LogP contribution in [0.5, 0.6) is 0 Å². The van der Waals surface area contributed by atoms with E-state index < -0.39 is 0 Å². The van der Waals surface area contributed by atoms with Gasteiger partial charge in [0.15, 0.2) is 5.82 Å². The quantitative estimate of drug-likeness (QED) is 0.736. The third kappa shape index (κ3) is 3.87. The molecule has 3 aromatic rings. The van der Waals surface area contributed by atoms with Gasteiger partial charge in [-0.1, -0.05) is 18.2 Å². The van der Waals surface area contributed by atoms with Crippen LogP contribution in [0.15, 0.2) is 48.7 Å². The van der Waals surface area contributed by atoms with E-state index in [0.717, 1.165) is 5.69 Å². The van der Waals surface area contributed by atoms with E-state index in [4.69, 9.17) is 0 Å². The number of imidazole rings is 1. The van der Waals surface area contributed by atoms with Crippen LogP contribution in [0, 0.1) is 5.82 Å². The van der Waals surface area contributed by atoms with Crippen molar-refractivity contribution in [2.24, 2.45) is 7.05 Å². The molecule has 148 valence electrons. The molecule has 1 N–H and O–H groups in total. The Morgan fingerprint density at radius 3 is 2.83 bits per heavy atom. The van der Waals surface area contributed by atoms with E-state index in [1.165, 1.54) is 12.1 Å². The summed E-state index contributed by atoms with van der Waals surface area (Å²) in [5.41, 5.74) is 2.70. The third-order valence-electron chi connectivity index (χ3n) is 4.97. The Labute approximate surface area is 167 Å². The number of halogens is 1. The Kier molecular flexibility index (Phi) is 5.07. The number of hydrogen-bond donors (Lipinski definition) is 1. The number of amides is 2. The molecule has 3 heterocycles. The van der Waals surface area contributed by atoms with Gasteiger partial charge in [0.05, 0.1) is 12.2 Å². The van der Waals surface area contributed by atoms with Crippen LogP contribution in [0.4, 0.5) is 4.39 Å². The van der Waals surface area contributed by atoms with Gasteiger partial charge < -0.3 is 14.8 Å². The van der Waals surface area contributed by atoms with Crippen molar-refractivity contribution in [1.82, 2.24) is 24.8 Å². The average molecular weight is 393 g/mol. The predicted octanol–water partition coefficient (Wildman–Crippen LogP) is 2.08. The summed E-state index contributed by atoms with van der Waals surface area (Å²) in [4.78, 5) is 35.5. The molecule has 2 aromatic heterocycles. The molecule has 4 rings (SSSR count). The van der Waals surface area contributed by atoms with Crippen molar-refractivity contribution in [1.29, 1.82) is 0 Å². The van der Waals surface area contributed by atoms with E-state index in [2.05, 4.69) is 15.3 Å². The van der Waals surface area contributed by atoms with Gasteiger partial charge in [0.2, 0.25) is 0 Å². The first-order chi connectivity index (χ1) is 14.0. The molecular weight excluding hydrogens is 373 g/mol. The number of benzene rings is 1. The van der Waals surface area contributed by atoms with Gasteiger partial charge in [0.1, 0.15) is 11.5 Å². The fraction of sp³-hybridized carbons (Fsp3) is 0.238. The highest BCUT2D eigenvalue weighted by Crippen LogP contribution is 2.21. The first-order valence-corrected chi connectivity index (χ1v) is 9.30. The lowest BCUT2D eigenvalue weighted by Crippen LogP contribution is -2.36. The topological polar surface area (TPSA) is 80.1 Å². The Morgan fingerprint density at radius 1 is 1.21 bits per heavy atom. The number of aromatic nitrogens is 3. The summed E-state index contributed by atoms with van der Waals surface area (Å²) in [7, 11) is 1.79. The van der Waals surface area contributed by atoms with Crippen LogP contribution in [0.25, 0.3) is 0 Å². The van der Waals surface area contributed by atoms with Crippen LogP contribution in [0.2, 0.25) is 0 Å². The number of nitrogens with zero attached hydrogens (tertiary/aromatic N) is 4. The van der Waals surface area contributed by atoms with Gasteiger partial charge >= 0.3 is 0 Å². The first-order valence-electron chi connectivity index (χ1n) is 9.30. The van der Waals surface area contributed by atoms with Crippen molar-refractivity contribution in [2.45, 2.75) is 19.5 Å². The van der Waals surface area contributed by atoms with Crippen LogP contribution >= 0.6 is 0 Å². The summed E-state index contributed by atoms with van der Waals surface area (Å²) in [6, 6.07) is 11.3. The van der Waals surface area contributed by atoms with E-state index in [1.54, 1.807) is 53.0 Å². The number of nitrogens with one attached hydrogen (secondary N) is 1. The molecule has 7 nitrogen and oxygen atoms in total. The molecule has 1 aliphatic heterocycles. The monoisotopic (exact) mass is 393 g/mol. The highest BCUT2D eigenvalue weighted by Gasteiger charge is 2.28. The Hall–Kier alpha value is -3.55. The zero-order valence-electron chi connectivity index (χ0n) is 15.9. The Morgan fingerprint density at radius 2 is 2.07 bits per heavy atom. The Balaban J connectivity index is 1.47. The number of hydrogen-bond acceptors (Lipinski definition) is 4. The maximum atomic E-state index is 13.3. The molecule has 1 aromatic carbocycles. The van der Waals surface area contributed by atoms with Gasteiger partial charge in [-0.15, -0.1) is 0 Å². The normalized spacial score (nSPS) is 13.1. The number of rotatable bonds is 4. The minimum Gasteiger partial charge on any atom is -0.345 e. The molecule has 0 saturated carbocycles. The van der Waals surface area contributed by atoms with E-state index in [0.29, 0.717) is 36.5 Å². The zero-order valence-corrected chi connectivity index (χ0v) is 15.9. The molecule has 8 heteroatoms. The van der Waals surface area contributed by atoms with E-state index in [1.807, 2.05) is 0 Å². The molecule has 0 atom stereocenters. The molecule has 2 amide bonds. The molecule has 0 aliphatic carbocycles. The number of fused-ring (bicyclic) bond motifs is 1. The summed E-state index contributed by atoms with van der Waals surface area (Å²) in [6.45, 7) is 1.07. The fourth-order valence-corrected chi connectivity index (χ4v) is 3.46. The van der Waals surface area contributed by atoms with E-state index >= 15 is 0 Å². The van der Waals surface area contributed by atoms with Crippen LogP contribution in [-0.2, 0) is 26.6 Å². The fourth-order valence-electron chi connectivity index (χ4n) is 3.46. The van der Waals surface area contributed by atoms with Crippen molar-refractivity contribution in [3.8, 4) is 0 Å². The lowest BCUT2D eigenvalue weighted by Gasteiger charge is -2.26. The molecule has 0 unspecified atom stereocenters. The van der Waals surface area contributed by atoms with E-state index in [9.17, 15) is 14.0 Å². The van der Waals surface area contributed by atoms with Crippen molar-refractivity contribution >= 4 is 11.8 Å². The highest BCUT2D eigenvalue weighted by atomic mass is 19.1. The minimum atomic E-state index is -0.345. The largest absolute Gasteiger partial charge is 0.345 e. The zero-order chi connectivity index (χ0) is 20.4.